The number of thiazole rings is 1. The van der Waals surface area contributed by atoms with Gasteiger partial charge in [-0.1, -0.05) is 120 Å². The van der Waals surface area contributed by atoms with Gasteiger partial charge in [-0.25, -0.2) is 13.4 Å². The van der Waals surface area contributed by atoms with Crippen molar-refractivity contribution in [2.24, 2.45) is 0 Å². The van der Waals surface area contributed by atoms with Crippen molar-refractivity contribution < 1.29 is 27.8 Å². The standard InChI is InChI=1S/C42H41N3O6S3/c1-28-11-21-35(22-12-28)54(48,49)45-37(23-29-7-3-2-4-8-29)40(47)43-25-30-13-19-33(20-14-30)41-50-34(24-38(51-41)32-17-15-31(26-46)16-18-32)27-52-42-44-36-9-5-6-10-39(36)53-42/h2-22,34,37-38,41,45-46H,23-27H2,1H3,(H,43,47). The summed E-state index contributed by atoms with van der Waals surface area (Å²) in [6.45, 7) is 2.06. The Morgan fingerprint density at radius 3 is 2.26 bits per heavy atom. The minimum absolute atomic E-state index is 0.0253. The van der Waals surface area contributed by atoms with Gasteiger partial charge in [0.25, 0.3) is 0 Å². The molecule has 3 N–H and O–H groups in total. The quantitative estimate of drug-likeness (QED) is 0.0964. The summed E-state index contributed by atoms with van der Waals surface area (Å²) < 4.78 is 44.4. The van der Waals surface area contributed by atoms with Crippen LogP contribution in [0.5, 0.6) is 0 Å². The lowest BCUT2D eigenvalue weighted by molar-refractivity contribution is -0.245. The first-order chi connectivity index (χ1) is 26.2. The van der Waals surface area contributed by atoms with Crippen LogP contribution in [-0.4, -0.2) is 42.3 Å². The van der Waals surface area contributed by atoms with Crippen LogP contribution in [0, 0.1) is 6.92 Å². The molecule has 9 nitrogen and oxygen atoms in total. The maximum Gasteiger partial charge on any atom is 0.241 e. The van der Waals surface area contributed by atoms with Crippen molar-refractivity contribution in [2.75, 3.05) is 5.75 Å². The van der Waals surface area contributed by atoms with E-state index in [0.717, 1.165) is 47.9 Å². The van der Waals surface area contributed by atoms with Gasteiger partial charge in [0.15, 0.2) is 10.6 Å². The zero-order valence-electron chi connectivity index (χ0n) is 29.6. The van der Waals surface area contributed by atoms with Gasteiger partial charge in [-0.05, 0) is 59.9 Å². The number of nitrogens with zero attached hydrogens (tertiary/aromatic N) is 1. The Bertz CT molecular complexity index is 2230. The van der Waals surface area contributed by atoms with Crippen LogP contribution in [-0.2, 0) is 43.9 Å². The third kappa shape index (κ3) is 9.63. The number of carbonyl (C=O) groups is 1. The molecule has 7 rings (SSSR count). The minimum atomic E-state index is -3.96. The van der Waals surface area contributed by atoms with Crippen LogP contribution in [0.2, 0.25) is 0 Å². The number of carbonyl (C=O) groups excluding carboxylic acids is 1. The number of thioether (sulfide) groups is 1. The van der Waals surface area contributed by atoms with Crippen molar-refractivity contribution in [3.05, 3.63) is 161 Å². The predicted octanol–water partition coefficient (Wildman–Crippen LogP) is 7.64. The average molecular weight is 780 g/mol. The van der Waals surface area contributed by atoms with Gasteiger partial charge in [0.05, 0.1) is 33.9 Å². The number of benzene rings is 5. The van der Waals surface area contributed by atoms with Crippen LogP contribution >= 0.6 is 23.1 Å². The van der Waals surface area contributed by atoms with E-state index in [0.29, 0.717) is 12.2 Å². The summed E-state index contributed by atoms with van der Waals surface area (Å²) in [5.74, 6) is 0.272. The molecule has 278 valence electrons. The Kier molecular flexibility index (Phi) is 12.2. The topological polar surface area (TPSA) is 127 Å². The summed E-state index contributed by atoms with van der Waals surface area (Å²) in [7, 11) is -3.96. The molecule has 5 aromatic carbocycles. The average Bonchev–Trinajstić information content (AvgIpc) is 3.63. The highest BCUT2D eigenvalue weighted by molar-refractivity contribution is 8.01. The highest BCUT2D eigenvalue weighted by atomic mass is 32.2. The van der Waals surface area contributed by atoms with Crippen molar-refractivity contribution in [3.63, 3.8) is 0 Å². The molecule has 1 aliphatic rings. The van der Waals surface area contributed by atoms with E-state index in [1.807, 2.05) is 104 Å². The second kappa shape index (κ2) is 17.4. The number of hydrogen-bond donors (Lipinski definition) is 3. The summed E-state index contributed by atoms with van der Waals surface area (Å²) in [4.78, 5) is 18.4. The first-order valence-electron chi connectivity index (χ1n) is 17.7. The smallest absolute Gasteiger partial charge is 0.241 e. The molecule has 4 unspecified atom stereocenters. The molecule has 1 aromatic heterocycles. The van der Waals surface area contributed by atoms with Crippen LogP contribution in [0.15, 0.2) is 137 Å². The molecule has 0 bridgehead atoms. The van der Waals surface area contributed by atoms with Crippen molar-refractivity contribution in [3.8, 4) is 0 Å². The fraction of sp³-hybridized carbons (Fsp3) is 0.238. The summed E-state index contributed by atoms with van der Waals surface area (Å²) in [5.41, 5.74) is 6.28. The van der Waals surface area contributed by atoms with E-state index in [2.05, 4.69) is 16.1 Å². The highest BCUT2D eigenvalue weighted by Gasteiger charge is 2.33. The van der Waals surface area contributed by atoms with Crippen LogP contribution in [0.25, 0.3) is 10.2 Å². The molecule has 12 heteroatoms. The summed E-state index contributed by atoms with van der Waals surface area (Å²) in [5, 5.41) is 12.5. The molecular formula is C42H41N3O6S3. The SMILES string of the molecule is Cc1ccc(S(=O)(=O)NC(Cc2ccccc2)C(=O)NCc2ccc(C3OC(CSc4nc5ccccc5s4)CC(c4ccc(CO)cc4)O3)cc2)cc1. The van der Waals surface area contributed by atoms with E-state index in [1.54, 1.807) is 35.2 Å². The summed E-state index contributed by atoms with van der Waals surface area (Å²) in [6, 6.07) is 38.5. The maximum absolute atomic E-state index is 13.6. The third-order valence-electron chi connectivity index (χ3n) is 9.23. The number of nitrogens with one attached hydrogen (secondary N) is 2. The molecule has 1 saturated heterocycles. The Labute approximate surface area is 323 Å². The molecule has 4 atom stereocenters. The molecule has 1 amide bonds. The lowest BCUT2D eigenvalue weighted by Gasteiger charge is -2.36. The van der Waals surface area contributed by atoms with Gasteiger partial charge in [-0.15, -0.1) is 11.3 Å². The van der Waals surface area contributed by atoms with Crippen molar-refractivity contribution in [1.82, 2.24) is 15.0 Å². The van der Waals surface area contributed by atoms with Gasteiger partial charge in [-0.3, -0.25) is 4.79 Å². The molecule has 1 aliphatic heterocycles. The van der Waals surface area contributed by atoms with Crippen LogP contribution in [0.3, 0.4) is 0 Å². The van der Waals surface area contributed by atoms with E-state index < -0.39 is 28.3 Å². The Balaban J connectivity index is 1.03. The van der Waals surface area contributed by atoms with Gasteiger partial charge in [0, 0.05) is 24.3 Å². The number of aryl methyl sites for hydroxylation is 1. The zero-order valence-corrected chi connectivity index (χ0v) is 32.1. The predicted molar refractivity (Wildman–Crippen MR) is 212 cm³/mol. The monoisotopic (exact) mass is 779 g/mol. The maximum atomic E-state index is 13.6. The number of ether oxygens (including phenoxy) is 2. The van der Waals surface area contributed by atoms with Gasteiger partial charge < -0.3 is 19.9 Å². The van der Waals surface area contributed by atoms with Crippen LogP contribution in [0.1, 0.15) is 52.2 Å². The fourth-order valence-corrected chi connectivity index (χ4v) is 9.52. The Morgan fingerprint density at radius 1 is 0.852 bits per heavy atom. The van der Waals surface area contributed by atoms with Crippen molar-refractivity contribution in [2.45, 2.75) is 66.7 Å². The second-order valence-electron chi connectivity index (χ2n) is 13.2. The van der Waals surface area contributed by atoms with E-state index in [4.69, 9.17) is 14.5 Å². The number of sulfonamides is 1. The van der Waals surface area contributed by atoms with E-state index in [-0.39, 0.29) is 36.7 Å². The highest BCUT2D eigenvalue weighted by Crippen LogP contribution is 2.40. The molecule has 0 radical (unpaired) electrons. The van der Waals surface area contributed by atoms with Gasteiger partial charge >= 0.3 is 0 Å². The first-order valence-corrected chi connectivity index (χ1v) is 21.0. The minimum Gasteiger partial charge on any atom is -0.392 e. The second-order valence-corrected chi connectivity index (χ2v) is 17.3. The number of rotatable bonds is 14. The van der Waals surface area contributed by atoms with Crippen molar-refractivity contribution >= 4 is 49.2 Å². The first kappa shape index (κ1) is 37.9. The lowest BCUT2D eigenvalue weighted by atomic mass is 10.0. The van der Waals surface area contributed by atoms with Crippen molar-refractivity contribution in [1.29, 1.82) is 0 Å². The molecular weight excluding hydrogens is 739 g/mol. The number of aliphatic hydroxyl groups excluding tert-OH is 1. The van der Waals surface area contributed by atoms with Gasteiger partial charge in [0.1, 0.15) is 6.04 Å². The largest absolute Gasteiger partial charge is 0.392 e. The molecule has 0 spiro atoms. The summed E-state index contributed by atoms with van der Waals surface area (Å²) in [6.07, 6.45) is -0.115. The fourth-order valence-electron chi connectivity index (χ4n) is 6.22. The summed E-state index contributed by atoms with van der Waals surface area (Å²) >= 11 is 3.35. The normalized spacial score (nSPS) is 18.0. The Morgan fingerprint density at radius 2 is 1.54 bits per heavy atom. The van der Waals surface area contributed by atoms with Crippen LogP contribution in [0.4, 0.5) is 0 Å². The number of amides is 1. The third-order valence-corrected chi connectivity index (χ3v) is 13.0. The van der Waals surface area contributed by atoms with Gasteiger partial charge in [0.2, 0.25) is 15.9 Å². The van der Waals surface area contributed by atoms with E-state index in [1.165, 1.54) is 12.1 Å². The number of hydrogen-bond acceptors (Lipinski definition) is 9. The molecule has 6 aromatic rings. The van der Waals surface area contributed by atoms with E-state index in [9.17, 15) is 18.3 Å². The van der Waals surface area contributed by atoms with E-state index >= 15 is 0 Å². The molecule has 0 aliphatic carbocycles. The lowest BCUT2D eigenvalue weighted by Crippen LogP contribution is -2.47. The van der Waals surface area contributed by atoms with Crippen LogP contribution < -0.4 is 10.0 Å². The number of aliphatic hydroxyl groups is 1. The number of para-hydroxylation sites is 1. The molecule has 54 heavy (non-hydrogen) atoms. The number of aromatic nitrogens is 1. The Hall–Kier alpha value is -4.40. The number of fused-ring (bicyclic) bond motifs is 1. The molecule has 1 fully saturated rings. The molecule has 0 saturated carbocycles. The van der Waals surface area contributed by atoms with Gasteiger partial charge in [-0.2, -0.15) is 4.72 Å². The zero-order chi connectivity index (χ0) is 37.5. The molecule has 2 heterocycles.